The van der Waals surface area contributed by atoms with Crippen LogP contribution in [-0.4, -0.2) is 4.57 Å². The Balaban J connectivity index is 1.02. The van der Waals surface area contributed by atoms with Crippen molar-refractivity contribution in [3.63, 3.8) is 0 Å². The summed E-state index contributed by atoms with van der Waals surface area (Å²) < 4.78 is 9.14. The van der Waals surface area contributed by atoms with Gasteiger partial charge in [0.1, 0.15) is 11.2 Å². The van der Waals surface area contributed by atoms with Crippen LogP contribution >= 0.6 is 0 Å². The molecule has 0 bridgehead atoms. The minimum atomic E-state index is 0.876. The first kappa shape index (κ1) is 42.1. The standard InChI is InChI=1S/C68H46N4O/c1-5-22-47(23-6-1)69(53-41-43-63-60(45-53)57-33-15-17-36-62(57)72(63)50-28-11-4-12-29-50)51-30-21-31-52(44-51)71(65-38-19-18-37-64(65)70(48-24-7-2-8-25-48)49-26-9-3-10-27-49)54-40-42-56-55-32-13-14-34-58(55)68-67(61(56)46-54)59-35-16-20-39-66(59)73-68/h1-46H. The number of fused-ring (bicyclic) bond motifs is 11. The lowest BCUT2D eigenvalue weighted by molar-refractivity contribution is 0.673. The van der Waals surface area contributed by atoms with Crippen LogP contribution in [0.5, 0.6) is 0 Å². The second kappa shape index (κ2) is 17.5. The number of anilines is 9. The van der Waals surface area contributed by atoms with Gasteiger partial charge in [-0.2, -0.15) is 0 Å². The Kier molecular flexibility index (Phi) is 10.1. The fraction of sp³-hybridized carbons (Fsp3) is 0. The fourth-order valence-electron chi connectivity index (χ4n) is 11.1. The van der Waals surface area contributed by atoms with E-state index in [4.69, 9.17) is 4.42 Å². The molecule has 5 heteroatoms. The van der Waals surface area contributed by atoms with Gasteiger partial charge in [0.15, 0.2) is 0 Å². The van der Waals surface area contributed by atoms with Gasteiger partial charge < -0.3 is 23.7 Å². The SMILES string of the molecule is c1ccc(N(c2cccc(N(c3ccc4c5ccccc5c5oc6ccccc6c5c4c3)c3ccccc3N(c3ccccc3)c3ccccc3)c2)c2ccc3c(c2)c2ccccc2n3-c2ccccc2)cc1. The molecule has 0 atom stereocenters. The maximum absolute atomic E-state index is 6.77. The number of nitrogens with zero attached hydrogens (tertiary/aromatic N) is 4. The van der Waals surface area contributed by atoms with E-state index in [0.717, 1.165) is 100 Å². The molecule has 0 aliphatic heterocycles. The molecule has 0 radical (unpaired) electrons. The summed E-state index contributed by atoms with van der Waals surface area (Å²) in [5, 5.41) is 9.18. The molecular formula is C68H46N4O. The molecule has 344 valence electrons. The zero-order valence-corrected chi connectivity index (χ0v) is 39.8. The van der Waals surface area contributed by atoms with Crippen LogP contribution in [0.15, 0.2) is 283 Å². The first-order valence-electron chi connectivity index (χ1n) is 24.8. The summed E-state index contributed by atoms with van der Waals surface area (Å²) in [4.78, 5) is 7.18. The number of aromatic nitrogens is 1. The zero-order valence-electron chi connectivity index (χ0n) is 39.8. The van der Waals surface area contributed by atoms with Crippen LogP contribution in [0.4, 0.5) is 51.2 Å². The van der Waals surface area contributed by atoms with Crippen LogP contribution in [0.3, 0.4) is 0 Å². The quantitative estimate of drug-likeness (QED) is 0.128. The zero-order chi connectivity index (χ0) is 48.2. The van der Waals surface area contributed by atoms with Crippen molar-refractivity contribution < 1.29 is 4.42 Å². The third kappa shape index (κ3) is 7.09. The van der Waals surface area contributed by atoms with Crippen LogP contribution in [0, 0.1) is 0 Å². The maximum Gasteiger partial charge on any atom is 0.143 e. The monoisotopic (exact) mass is 934 g/mol. The van der Waals surface area contributed by atoms with E-state index < -0.39 is 0 Å². The van der Waals surface area contributed by atoms with Gasteiger partial charge in [-0.1, -0.05) is 158 Å². The largest absolute Gasteiger partial charge is 0.455 e. The summed E-state index contributed by atoms with van der Waals surface area (Å²) in [5.41, 5.74) is 14.6. The molecule has 2 heterocycles. The lowest BCUT2D eigenvalue weighted by Gasteiger charge is -2.34. The van der Waals surface area contributed by atoms with Crippen molar-refractivity contribution in [2.75, 3.05) is 14.7 Å². The molecular weight excluding hydrogens is 889 g/mol. The van der Waals surface area contributed by atoms with Crippen molar-refractivity contribution in [1.29, 1.82) is 0 Å². The van der Waals surface area contributed by atoms with Crippen molar-refractivity contribution >= 4 is 116 Å². The molecule has 0 aliphatic rings. The highest BCUT2D eigenvalue weighted by molar-refractivity contribution is 6.30. The number of hydrogen-bond donors (Lipinski definition) is 0. The van der Waals surface area contributed by atoms with Crippen LogP contribution < -0.4 is 14.7 Å². The van der Waals surface area contributed by atoms with Gasteiger partial charge in [-0.3, -0.25) is 0 Å². The summed E-state index contributed by atoms with van der Waals surface area (Å²) >= 11 is 0. The summed E-state index contributed by atoms with van der Waals surface area (Å²) in [6, 6.07) is 100. The number of benzene rings is 12. The summed E-state index contributed by atoms with van der Waals surface area (Å²) in [6.07, 6.45) is 0. The second-order valence-electron chi connectivity index (χ2n) is 18.5. The first-order valence-corrected chi connectivity index (χ1v) is 24.8. The summed E-state index contributed by atoms with van der Waals surface area (Å²) in [5.74, 6) is 0. The number of furan rings is 1. The fourth-order valence-corrected chi connectivity index (χ4v) is 11.1. The van der Waals surface area contributed by atoms with E-state index >= 15 is 0 Å². The molecule has 0 unspecified atom stereocenters. The third-order valence-electron chi connectivity index (χ3n) is 14.3. The molecule has 0 spiro atoms. The Morgan fingerprint density at radius 3 is 1.38 bits per heavy atom. The highest BCUT2D eigenvalue weighted by Crippen LogP contribution is 2.49. The predicted octanol–water partition coefficient (Wildman–Crippen LogP) is 19.4. The van der Waals surface area contributed by atoms with E-state index in [0.29, 0.717) is 0 Å². The molecule has 0 N–H and O–H groups in total. The van der Waals surface area contributed by atoms with E-state index in [1.165, 1.54) is 21.7 Å². The first-order chi connectivity index (χ1) is 36.2. The van der Waals surface area contributed by atoms with Crippen molar-refractivity contribution in [2.45, 2.75) is 0 Å². The number of hydrogen-bond acceptors (Lipinski definition) is 4. The van der Waals surface area contributed by atoms with Crippen molar-refractivity contribution in [3.05, 3.63) is 279 Å². The van der Waals surface area contributed by atoms with Crippen molar-refractivity contribution in [2.24, 2.45) is 0 Å². The average molecular weight is 935 g/mol. The molecule has 14 rings (SSSR count). The van der Waals surface area contributed by atoms with Crippen LogP contribution in [0.1, 0.15) is 0 Å². The van der Waals surface area contributed by atoms with Crippen LogP contribution in [0.2, 0.25) is 0 Å². The summed E-state index contributed by atoms with van der Waals surface area (Å²) in [6.45, 7) is 0. The van der Waals surface area contributed by atoms with Gasteiger partial charge in [-0.25, -0.2) is 0 Å². The van der Waals surface area contributed by atoms with Crippen LogP contribution in [0.25, 0.3) is 71.0 Å². The smallest absolute Gasteiger partial charge is 0.143 e. The number of para-hydroxylation sites is 8. The molecule has 0 aliphatic carbocycles. The molecule has 0 fully saturated rings. The van der Waals surface area contributed by atoms with Gasteiger partial charge in [-0.15, -0.1) is 0 Å². The Morgan fingerprint density at radius 2 is 0.699 bits per heavy atom. The Morgan fingerprint density at radius 1 is 0.260 bits per heavy atom. The highest BCUT2D eigenvalue weighted by Gasteiger charge is 2.25. The van der Waals surface area contributed by atoms with Gasteiger partial charge in [-0.05, 0) is 137 Å². The highest BCUT2D eigenvalue weighted by atomic mass is 16.3. The van der Waals surface area contributed by atoms with Gasteiger partial charge in [0, 0.05) is 72.4 Å². The molecule has 0 saturated heterocycles. The molecule has 12 aromatic carbocycles. The normalized spacial score (nSPS) is 11.6. The molecule has 0 saturated carbocycles. The molecule has 2 aromatic heterocycles. The van der Waals surface area contributed by atoms with Gasteiger partial charge in [0.05, 0.1) is 22.4 Å². The lowest BCUT2D eigenvalue weighted by Crippen LogP contribution is -2.17. The predicted molar refractivity (Wildman–Crippen MR) is 307 cm³/mol. The average Bonchev–Trinajstić information content (AvgIpc) is 4.04. The Hall–Kier alpha value is -9.84. The third-order valence-corrected chi connectivity index (χ3v) is 14.3. The molecule has 0 amide bonds. The van der Waals surface area contributed by atoms with Crippen LogP contribution in [-0.2, 0) is 0 Å². The van der Waals surface area contributed by atoms with E-state index in [1.807, 2.05) is 0 Å². The number of rotatable bonds is 10. The molecule has 73 heavy (non-hydrogen) atoms. The van der Waals surface area contributed by atoms with E-state index in [2.05, 4.69) is 298 Å². The molecule has 14 aromatic rings. The van der Waals surface area contributed by atoms with E-state index in [-0.39, 0.29) is 0 Å². The van der Waals surface area contributed by atoms with Gasteiger partial charge in [0.25, 0.3) is 0 Å². The van der Waals surface area contributed by atoms with Crippen molar-refractivity contribution in [1.82, 2.24) is 4.57 Å². The summed E-state index contributed by atoms with van der Waals surface area (Å²) in [7, 11) is 0. The Bertz CT molecular complexity index is 4300. The second-order valence-corrected chi connectivity index (χ2v) is 18.5. The van der Waals surface area contributed by atoms with Gasteiger partial charge >= 0.3 is 0 Å². The lowest BCUT2D eigenvalue weighted by atomic mass is 9.96. The minimum Gasteiger partial charge on any atom is -0.455 e. The van der Waals surface area contributed by atoms with Crippen molar-refractivity contribution in [3.8, 4) is 5.69 Å². The van der Waals surface area contributed by atoms with E-state index in [1.54, 1.807) is 0 Å². The van der Waals surface area contributed by atoms with E-state index in [9.17, 15) is 0 Å². The minimum absolute atomic E-state index is 0.876. The Labute approximate surface area is 422 Å². The van der Waals surface area contributed by atoms with Gasteiger partial charge in [0.2, 0.25) is 0 Å². The topological polar surface area (TPSA) is 27.8 Å². The maximum atomic E-state index is 6.77. The molecule has 5 nitrogen and oxygen atoms in total.